The molecular weight excluding hydrogens is 162 g/mol. The first-order valence-corrected chi connectivity index (χ1v) is 4.23. The minimum atomic E-state index is 0.0282. The van der Waals surface area contributed by atoms with Crippen molar-refractivity contribution in [2.75, 3.05) is 13.2 Å². The number of nitrogens with zero attached hydrogens (tertiary/aromatic N) is 1. The van der Waals surface area contributed by atoms with Gasteiger partial charge in [-0.05, 0) is 24.1 Å². The van der Waals surface area contributed by atoms with Gasteiger partial charge in [0, 0.05) is 18.4 Å². The first kappa shape index (κ1) is 9.81. The summed E-state index contributed by atoms with van der Waals surface area (Å²) in [5.41, 5.74) is 2.91. The molecule has 2 nitrogen and oxygen atoms in total. The fourth-order valence-electron chi connectivity index (χ4n) is 1.14. The van der Waals surface area contributed by atoms with E-state index in [4.69, 9.17) is 5.11 Å². The minimum Gasteiger partial charge on any atom is -0.392 e. The van der Waals surface area contributed by atoms with Gasteiger partial charge in [0.1, 0.15) is 0 Å². The van der Waals surface area contributed by atoms with E-state index in [0.717, 1.165) is 16.8 Å². The van der Waals surface area contributed by atoms with E-state index in [0.29, 0.717) is 6.54 Å². The lowest BCUT2D eigenvalue weighted by atomic mass is 10.1. The van der Waals surface area contributed by atoms with E-state index < -0.39 is 0 Å². The van der Waals surface area contributed by atoms with Crippen LogP contribution in [-0.4, -0.2) is 23.2 Å². The van der Waals surface area contributed by atoms with Crippen LogP contribution in [-0.2, 0) is 0 Å². The van der Waals surface area contributed by atoms with E-state index in [1.165, 1.54) is 0 Å². The lowest BCUT2D eigenvalue weighted by Crippen LogP contribution is -2.21. The number of aliphatic hydroxyl groups excluding tert-OH is 1. The van der Waals surface area contributed by atoms with Gasteiger partial charge in [0.2, 0.25) is 0 Å². The highest BCUT2D eigenvalue weighted by molar-refractivity contribution is 5.34. The van der Waals surface area contributed by atoms with Gasteiger partial charge in [-0.3, -0.25) is 0 Å². The summed E-state index contributed by atoms with van der Waals surface area (Å²) < 4.78 is 0. The van der Waals surface area contributed by atoms with E-state index in [1.54, 1.807) is 0 Å². The lowest BCUT2D eigenvalue weighted by Gasteiger charge is -2.26. The molecule has 0 aliphatic carbocycles. The Balaban J connectivity index is 2.63. The monoisotopic (exact) mass is 177 g/mol. The van der Waals surface area contributed by atoms with Crippen LogP contribution in [0, 0.1) is 0 Å². The highest BCUT2D eigenvalue weighted by Gasteiger charge is 2.09. The third-order valence-corrected chi connectivity index (χ3v) is 2.03. The average Bonchev–Trinajstić information content (AvgIpc) is 2.13. The van der Waals surface area contributed by atoms with Gasteiger partial charge in [-0.1, -0.05) is 19.2 Å². The van der Waals surface area contributed by atoms with E-state index in [2.05, 4.69) is 13.2 Å². The third kappa shape index (κ3) is 2.33. The summed E-state index contributed by atoms with van der Waals surface area (Å²) in [6, 6.07) is 0. The van der Waals surface area contributed by atoms with E-state index in [9.17, 15) is 0 Å². The Morgan fingerprint density at radius 3 is 2.92 bits per heavy atom. The van der Waals surface area contributed by atoms with Crippen LogP contribution in [0.4, 0.5) is 0 Å². The molecule has 0 fully saturated rings. The van der Waals surface area contributed by atoms with Gasteiger partial charge in [-0.25, -0.2) is 0 Å². The summed E-state index contributed by atoms with van der Waals surface area (Å²) in [5, 5.41) is 8.82. The van der Waals surface area contributed by atoms with Crippen LogP contribution in [0.25, 0.3) is 0 Å². The van der Waals surface area contributed by atoms with Crippen molar-refractivity contribution in [2.24, 2.45) is 0 Å². The first-order valence-electron chi connectivity index (χ1n) is 4.23. The summed E-state index contributed by atoms with van der Waals surface area (Å²) in [6.45, 7) is 10.4. The van der Waals surface area contributed by atoms with Crippen molar-refractivity contribution in [1.82, 2.24) is 4.90 Å². The highest BCUT2D eigenvalue weighted by atomic mass is 16.3. The Morgan fingerprint density at radius 2 is 2.31 bits per heavy atom. The molecule has 2 heteroatoms. The molecule has 1 rings (SSSR count). The molecule has 1 heterocycles. The van der Waals surface area contributed by atoms with Crippen molar-refractivity contribution in [3.05, 3.63) is 48.4 Å². The summed E-state index contributed by atoms with van der Waals surface area (Å²) >= 11 is 0. The number of hydrogen-bond acceptors (Lipinski definition) is 2. The zero-order chi connectivity index (χ0) is 9.84. The molecule has 0 spiro atoms. The van der Waals surface area contributed by atoms with Crippen LogP contribution in [0.2, 0.25) is 0 Å². The van der Waals surface area contributed by atoms with Crippen LogP contribution in [0.3, 0.4) is 0 Å². The molecule has 13 heavy (non-hydrogen) atoms. The molecule has 1 N–H and O–H groups in total. The summed E-state index contributed by atoms with van der Waals surface area (Å²) in [7, 11) is 0. The van der Waals surface area contributed by atoms with Gasteiger partial charge in [0.05, 0.1) is 6.61 Å². The van der Waals surface area contributed by atoms with Gasteiger partial charge in [0.25, 0.3) is 0 Å². The maximum atomic E-state index is 8.82. The molecule has 0 bridgehead atoms. The number of allylic oxidation sites excluding steroid dienone is 3. The topological polar surface area (TPSA) is 23.5 Å². The van der Waals surface area contributed by atoms with Crippen LogP contribution >= 0.6 is 0 Å². The van der Waals surface area contributed by atoms with Crippen molar-refractivity contribution in [1.29, 1.82) is 0 Å². The van der Waals surface area contributed by atoms with Crippen molar-refractivity contribution in [3.63, 3.8) is 0 Å². The average molecular weight is 177 g/mol. The van der Waals surface area contributed by atoms with Crippen molar-refractivity contribution in [3.8, 4) is 0 Å². The Morgan fingerprint density at radius 1 is 1.62 bits per heavy atom. The molecule has 0 unspecified atom stereocenters. The van der Waals surface area contributed by atoms with Crippen molar-refractivity contribution in [2.45, 2.75) is 6.92 Å². The molecule has 70 valence electrons. The maximum Gasteiger partial charge on any atom is 0.0656 e. The van der Waals surface area contributed by atoms with E-state index in [1.807, 2.05) is 30.2 Å². The van der Waals surface area contributed by atoms with Crippen molar-refractivity contribution < 1.29 is 5.11 Å². The normalized spacial score (nSPS) is 16.0. The summed E-state index contributed by atoms with van der Waals surface area (Å²) in [6.07, 6.45) is 5.92. The number of aliphatic hydroxyl groups is 1. The second-order valence-corrected chi connectivity index (χ2v) is 3.17. The fourth-order valence-corrected chi connectivity index (χ4v) is 1.14. The predicted molar refractivity (Wildman–Crippen MR) is 55.0 cm³/mol. The first-order chi connectivity index (χ1) is 6.15. The van der Waals surface area contributed by atoms with Gasteiger partial charge in [-0.2, -0.15) is 0 Å². The fraction of sp³-hybridized carbons (Fsp3) is 0.273. The predicted octanol–water partition coefficient (Wildman–Crippen LogP) is 1.82. The SMILES string of the molecule is C=C(CO)CN1C=CC=C(C)C1=C. The molecule has 0 saturated heterocycles. The smallest absolute Gasteiger partial charge is 0.0656 e. The second-order valence-electron chi connectivity index (χ2n) is 3.17. The molecule has 1 aliphatic rings. The molecule has 0 saturated carbocycles. The number of hydrogen-bond donors (Lipinski definition) is 1. The van der Waals surface area contributed by atoms with Crippen LogP contribution in [0.15, 0.2) is 48.4 Å². The number of rotatable bonds is 3. The van der Waals surface area contributed by atoms with Crippen LogP contribution < -0.4 is 0 Å². The Bertz CT molecular complexity index is 286. The lowest BCUT2D eigenvalue weighted by molar-refractivity contribution is 0.319. The van der Waals surface area contributed by atoms with Gasteiger partial charge in [-0.15, -0.1) is 0 Å². The molecule has 0 radical (unpaired) electrons. The standard InChI is InChI=1S/C11H15NO/c1-9(8-13)7-12-6-4-5-10(2)11(12)3/h4-6,13H,1,3,7-8H2,2H3. The molecule has 0 aromatic heterocycles. The van der Waals surface area contributed by atoms with Crippen molar-refractivity contribution >= 4 is 0 Å². The zero-order valence-corrected chi connectivity index (χ0v) is 7.95. The third-order valence-electron chi connectivity index (χ3n) is 2.03. The highest BCUT2D eigenvalue weighted by Crippen LogP contribution is 2.18. The molecular formula is C11H15NO. The maximum absolute atomic E-state index is 8.82. The molecule has 0 aromatic carbocycles. The van der Waals surface area contributed by atoms with Gasteiger partial charge in [0.15, 0.2) is 0 Å². The van der Waals surface area contributed by atoms with Crippen LogP contribution in [0.5, 0.6) is 0 Å². The minimum absolute atomic E-state index is 0.0282. The largest absolute Gasteiger partial charge is 0.392 e. The second kappa shape index (κ2) is 4.10. The van der Waals surface area contributed by atoms with Gasteiger partial charge >= 0.3 is 0 Å². The summed E-state index contributed by atoms with van der Waals surface area (Å²) in [4.78, 5) is 1.98. The molecule has 0 amide bonds. The molecule has 0 aromatic rings. The zero-order valence-electron chi connectivity index (χ0n) is 7.95. The van der Waals surface area contributed by atoms with E-state index in [-0.39, 0.29) is 6.61 Å². The van der Waals surface area contributed by atoms with E-state index >= 15 is 0 Å². The summed E-state index contributed by atoms with van der Waals surface area (Å²) in [5.74, 6) is 0. The quantitative estimate of drug-likeness (QED) is 0.665. The van der Waals surface area contributed by atoms with Crippen LogP contribution in [0.1, 0.15) is 6.92 Å². The van der Waals surface area contributed by atoms with Gasteiger partial charge < -0.3 is 10.0 Å². The Hall–Kier alpha value is -1.28. The molecule has 0 atom stereocenters. The molecule has 1 aliphatic heterocycles. The Labute approximate surface area is 79.2 Å². The Kier molecular flexibility index (Phi) is 3.09.